The molecule has 0 radical (unpaired) electrons. The third-order valence-corrected chi connectivity index (χ3v) is 7.22. The summed E-state index contributed by atoms with van der Waals surface area (Å²) in [4.78, 5) is 24.2. The van der Waals surface area contributed by atoms with Gasteiger partial charge in [0.2, 0.25) is 0 Å². The average molecular weight is 491 g/mol. The Morgan fingerprint density at radius 3 is 2.53 bits per heavy atom. The number of hydrogen-bond acceptors (Lipinski definition) is 3. The first-order chi connectivity index (χ1) is 15.4. The van der Waals surface area contributed by atoms with Crippen molar-refractivity contribution in [3.8, 4) is 0 Å². The molecule has 7 heteroatoms. The summed E-state index contributed by atoms with van der Waals surface area (Å²) in [5.74, 6) is 0.157. The summed E-state index contributed by atoms with van der Waals surface area (Å²) in [7, 11) is 0. The standard InChI is InChI=1S/C25H26Cl3N3O/c1-3-31(4-2)10-9-29-22-12-16(15-5-7-19(27)20(28)11-15)13-23-24(22)25(32)18-14-17(26)6-8-21(18)30-23/h5-8,11,14,16H,3-4,9-10,12-13H2,1-2H3,(H,30,32). The highest BCUT2D eigenvalue weighted by atomic mass is 35.5. The molecule has 32 heavy (non-hydrogen) atoms. The number of rotatable bonds is 6. The van der Waals surface area contributed by atoms with Gasteiger partial charge in [0.25, 0.3) is 0 Å². The largest absolute Gasteiger partial charge is 0.358 e. The van der Waals surface area contributed by atoms with Crippen LogP contribution in [0.15, 0.2) is 46.2 Å². The predicted octanol–water partition coefficient (Wildman–Crippen LogP) is 6.35. The minimum Gasteiger partial charge on any atom is -0.358 e. The molecule has 0 fully saturated rings. The van der Waals surface area contributed by atoms with E-state index in [1.54, 1.807) is 12.1 Å². The zero-order chi connectivity index (χ0) is 22.8. The van der Waals surface area contributed by atoms with Gasteiger partial charge in [-0.3, -0.25) is 9.79 Å². The van der Waals surface area contributed by atoms with Gasteiger partial charge < -0.3 is 9.88 Å². The fourth-order valence-corrected chi connectivity index (χ4v) is 4.91. The molecule has 1 N–H and O–H groups in total. The predicted molar refractivity (Wildman–Crippen MR) is 136 cm³/mol. The SMILES string of the molecule is CCN(CC)CCN=C1CC(c2ccc(Cl)c(Cl)c2)Cc2[nH]c3ccc(Cl)cc3c(=O)c21. The van der Waals surface area contributed by atoms with Crippen LogP contribution in [0.25, 0.3) is 10.9 Å². The van der Waals surface area contributed by atoms with E-state index in [-0.39, 0.29) is 11.3 Å². The molecule has 3 aromatic rings. The molecule has 2 aromatic carbocycles. The first kappa shape index (κ1) is 23.3. The lowest BCUT2D eigenvalue weighted by Gasteiger charge is -2.27. The van der Waals surface area contributed by atoms with Crippen molar-refractivity contribution in [2.45, 2.75) is 32.6 Å². The molecular weight excluding hydrogens is 465 g/mol. The smallest absolute Gasteiger partial charge is 0.198 e. The number of aromatic amines is 1. The maximum Gasteiger partial charge on any atom is 0.198 e. The minimum absolute atomic E-state index is 0.00886. The monoisotopic (exact) mass is 489 g/mol. The molecule has 1 aromatic heterocycles. The molecule has 0 bridgehead atoms. The van der Waals surface area contributed by atoms with Gasteiger partial charge in [-0.25, -0.2) is 0 Å². The van der Waals surface area contributed by atoms with Crippen LogP contribution in [0.5, 0.6) is 0 Å². The number of halogens is 3. The van der Waals surface area contributed by atoms with Crippen LogP contribution < -0.4 is 5.43 Å². The fraction of sp³-hybridized carbons (Fsp3) is 0.360. The molecule has 1 unspecified atom stereocenters. The van der Waals surface area contributed by atoms with Crippen LogP contribution in [0.4, 0.5) is 0 Å². The van der Waals surface area contributed by atoms with Crippen molar-refractivity contribution in [3.63, 3.8) is 0 Å². The highest BCUT2D eigenvalue weighted by molar-refractivity contribution is 6.42. The van der Waals surface area contributed by atoms with Crippen LogP contribution >= 0.6 is 34.8 Å². The van der Waals surface area contributed by atoms with Gasteiger partial charge >= 0.3 is 0 Å². The molecule has 0 amide bonds. The van der Waals surface area contributed by atoms with E-state index in [2.05, 4.69) is 23.7 Å². The van der Waals surface area contributed by atoms with Crippen LogP contribution in [-0.4, -0.2) is 41.8 Å². The van der Waals surface area contributed by atoms with E-state index in [1.807, 2.05) is 24.3 Å². The lowest BCUT2D eigenvalue weighted by atomic mass is 9.80. The van der Waals surface area contributed by atoms with E-state index in [0.717, 1.165) is 42.1 Å². The summed E-state index contributed by atoms with van der Waals surface area (Å²) < 4.78 is 0. The van der Waals surface area contributed by atoms with Crippen LogP contribution in [0, 0.1) is 0 Å². The fourth-order valence-electron chi connectivity index (χ4n) is 4.43. The summed E-state index contributed by atoms with van der Waals surface area (Å²) in [6, 6.07) is 11.2. The highest BCUT2D eigenvalue weighted by Gasteiger charge is 2.29. The number of aliphatic imine (C=N–C) groups is 1. The van der Waals surface area contributed by atoms with E-state index >= 15 is 0 Å². The second-order valence-electron chi connectivity index (χ2n) is 8.13. The molecule has 1 heterocycles. The maximum atomic E-state index is 13.5. The number of aromatic nitrogens is 1. The molecule has 0 saturated carbocycles. The molecule has 0 aliphatic heterocycles. The number of likely N-dealkylation sites (N-methyl/N-ethyl adjacent to an activating group) is 1. The summed E-state index contributed by atoms with van der Waals surface area (Å²) in [5.41, 5.74) is 4.32. The van der Waals surface area contributed by atoms with E-state index in [1.165, 1.54) is 0 Å². The number of nitrogens with zero attached hydrogens (tertiary/aromatic N) is 2. The van der Waals surface area contributed by atoms with Crippen molar-refractivity contribution in [1.29, 1.82) is 0 Å². The van der Waals surface area contributed by atoms with E-state index < -0.39 is 0 Å². The van der Waals surface area contributed by atoms with E-state index in [4.69, 9.17) is 39.8 Å². The van der Waals surface area contributed by atoms with E-state index in [0.29, 0.717) is 45.4 Å². The molecule has 1 aliphatic carbocycles. The van der Waals surface area contributed by atoms with Gasteiger partial charge in [0.1, 0.15) is 0 Å². The highest BCUT2D eigenvalue weighted by Crippen LogP contribution is 2.35. The summed E-state index contributed by atoms with van der Waals surface area (Å²) in [6.45, 7) is 7.76. The van der Waals surface area contributed by atoms with Crippen molar-refractivity contribution in [3.05, 3.63) is 78.5 Å². The third-order valence-electron chi connectivity index (χ3n) is 6.25. The number of H-pyrrole nitrogens is 1. The molecule has 0 spiro atoms. The number of pyridine rings is 1. The molecule has 4 rings (SSSR count). The first-order valence-corrected chi connectivity index (χ1v) is 12.1. The van der Waals surface area contributed by atoms with Crippen LogP contribution in [-0.2, 0) is 6.42 Å². The second-order valence-corrected chi connectivity index (χ2v) is 9.38. The van der Waals surface area contributed by atoms with Crippen molar-refractivity contribution in [2.75, 3.05) is 26.2 Å². The Morgan fingerprint density at radius 2 is 1.81 bits per heavy atom. The van der Waals surface area contributed by atoms with Crippen LogP contribution in [0.2, 0.25) is 15.1 Å². The Bertz CT molecular complexity index is 1230. The van der Waals surface area contributed by atoms with Gasteiger partial charge in [-0.1, -0.05) is 54.7 Å². The van der Waals surface area contributed by atoms with Crippen molar-refractivity contribution in [2.24, 2.45) is 4.99 Å². The average Bonchev–Trinajstić information content (AvgIpc) is 2.79. The van der Waals surface area contributed by atoms with Crippen molar-refractivity contribution in [1.82, 2.24) is 9.88 Å². The Hall–Kier alpha value is -1.85. The lowest BCUT2D eigenvalue weighted by Crippen LogP contribution is -2.30. The zero-order valence-corrected chi connectivity index (χ0v) is 20.5. The summed E-state index contributed by atoms with van der Waals surface area (Å²) >= 11 is 18.6. The second kappa shape index (κ2) is 9.96. The van der Waals surface area contributed by atoms with Crippen LogP contribution in [0.1, 0.15) is 43.0 Å². The Labute approximate surface area is 203 Å². The minimum atomic E-state index is -0.00886. The van der Waals surface area contributed by atoms with Gasteiger partial charge in [-0.15, -0.1) is 0 Å². The van der Waals surface area contributed by atoms with Crippen molar-refractivity contribution < 1.29 is 0 Å². The van der Waals surface area contributed by atoms with Gasteiger partial charge in [-0.05, 0) is 67.7 Å². The normalized spacial score (nSPS) is 17.3. The van der Waals surface area contributed by atoms with Gasteiger partial charge in [0, 0.05) is 33.9 Å². The number of hydrogen-bond donors (Lipinski definition) is 1. The molecule has 168 valence electrons. The number of benzene rings is 2. The first-order valence-electron chi connectivity index (χ1n) is 11.0. The van der Waals surface area contributed by atoms with Crippen molar-refractivity contribution >= 4 is 51.4 Å². The molecular formula is C25H26Cl3N3O. The maximum absolute atomic E-state index is 13.5. The molecule has 1 aliphatic rings. The number of fused-ring (bicyclic) bond motifs is 2. The quantitative estimate of drug-likeness (QED) is 0.438. The van der Waals surface area contributed by atoms with Gasteiger partial charge in [0.05, 0.1) is 22.2 Å². The zero-order valence-electron chi connectivity index (χ0n) is 18.2. The molecule has 1 atom stereocenters. The Balaban J connectivity index is 1.79. The topological polar surface area (TPSA) is 48.5 Å². The summed E-state index contributed by atoms with van der Waals surface area (Å²) in [5, 5.41) is 2.22. The number of nitrogens with one attached hydrogen (secondary N) is 1. The third kappa shape index (κ3) is 4.74. The molecule has 4 nitrogen and oxygen atoms in total. The summed E-state index contributed by atoms with van der Waals surface area (Å²) in [6.07, 6.45) is 1.38. The van der Waals surface area contributed by atoms with Gasteiger partial charge in [0.15, 0.2) is 5.43 Å². The lowest BCUT2D eigenvalue weighted by molar-refractivity contribution is 0.313. The molecule has 0 saturated heterocycles. The van der Waals surface area contributed by atoms with Crippen LogP contribution in [0.3, 0.4) is 0 Å². The Morgan fingerprint density at radius 1 is 1.03 bits per heavy atom. The van der Waals surface area contributed by atoms with E-state index in [9.17, 15) is 4.79 Å². The Kier molecular flexibility index (Phi) is 7.26. The van der Waals surface area contributed by atoms with Gasteiger partial charge in [-0.2, -0.15) is 0 Å².